The van der Waals surface area contributed by atoms with Gasteiger partial charge in [-0.15, -0.1) is 0 Å². The molecule has 2 bridgehead atoms. The van der Waals surface area contributed by atoms with E-state index in [9.17, 15) is 4.79 Å². The Bertz CT molecular complexity index is 948. The maximum atomic E-state index is 13.2. The van der Waals surface area contributed by atoms with Crippen LogP contribution in [0.25, 0.3) is 11.0 Å². The van der Waals surface area contributed by atoms with Gasteiger partial charge in [-0.25, -0.2) is 4.68 Å². The van der Waals surface area contributed by atoms with E-state index < -0.39 is 0 Å². The lowest BCUT2D eigenvalue weighted by Gasteiger charge is -2.27. The van der Waals surface area contributed by atoms with Gasteiger partial charge < -0.3 is 9.64 Å². The van der Waals surface area contributed by atoms with E-state index in [4.69, 9.17) is 9.72 Å². The third-order valence-electron chi connectivity index (χ3n) is 6.85. The lowest BCUT2D eigenvalue weighted by molar-refractivity contribution is -0.0371. The van der Waals surface area contributed by atoms with Crippen LogP contribution in [0.5, 0.6) is 0 Å². The molecular formula is C20H28BrN5O2. The molecule has 7 nitrogen and oxygen atoms in total. The highest BCUT2D eigenvalue weighted by Gasteiger charge is 2.47. The van der Waals surface area contributed by atoms with Crippen molar-refractivity contribution in [3.63, 3.8) is 0 Å². The fourth-order valence-electron chi connectivity index (χ4n) is 5.57. The third-order valence-corrected chi connectivity index (χ3v) is 7.41. The van der Waals surface area contributed by atoms with E-state index in [0.717, 1.165) is 37.7 Å². The van der Waals surface area contributed by atoms with E-state index in [1.807, 2.05) is 11.7 Å². The van der Waals surface area contributed by atoms with Gasteiger partial charge in [-0.2, -0.15) is 10.1 Å². The summed E-state index contributed by atoms with van der Waals surface area (Å²) in [5, 5.41) is 5.15. The average Bonchev–Trinajstić information content (AvgIpc) is 3.36. The second-order valence-electron chi connectivity index (χ2n) is 8.52. The molecule has 2 aromatic rings. The van der Waals surface area contributed by atoms with E-state index in [1.54, 1.807) is 4.57 Å². The van der Waals surface area contributed by atoms with Crippen LogP contribution in [0.2, 0.25) is 0 Å². The molecule has 8 heteroatoms. The van der Waals surface area contributed by atoms with E-state index in [2.05, 4.69) is 32.9 Å². The summed E-state index contributed by atoms with van der Waals surface area (Å²) in [6, 6.07) is 1.01. The molecule has 0 radical (unpaired) electrons. The number of hydrogen-bond donors (Lipinski definition) is 0. The van der Waals surface area contributed by atoms with Gasteiger partial charge >= 0.3 is 0 Å². The number of rotatable bonds is 4. The standard InChI is InChI=1S/C20H28BrN5O2/c1-3-6-12-11-13-8-9-14(12)25(13)20-22-18-16(19(27)24(20)2)17(21)23-26(18)15-7-4-5-10-28-15/h12-15H,3-11H2,1-2H3/t12-,13+,14-,15?/m1/s1. The maximum Gasteiger partial charge on any atom is 0.266 e. The van der Waals surface area contributed by atoms with Crippen molar-refractivity contribution in [3.8, 4) is 0 Å². The smallest absolute Gasteiger partial charge is 0.266 e. The van der Waals surface area contributed by atoms with Crippen molar-refractivity contribution in [1.29, 1.82) is 0 Å². The van der Waals surface area contributed by atoms with Crippen LogP contribution in [-0.2, 0) is 11.8 Å². The topological polar surface area (TPSA) is 65.2 Å². The number of halogens is 1. The second kappa shape index (κ2) is 7.13. The van der Waals surface area contributed by atoms with Crippen molar-refractivity contribution in [1.82, 2.24) is 19.3 Å². The van der Waals surface area contributed by atoms with Crippen molar-refractivity contribution in [2.45, 2.75) is 76.6 Å². The van der Waals surface area contributed by atoms with Gasteiger partial charge in [-0.3, -0.25) is 9.36 Å². The van der Waals surface area contributed by atoms with Crippen LogP contribution < -0.4 is 10.5 Å². The highest BCUT2D eigenvalue weighted by molar-refractivity contribution is 9.10. The van der Waals surface area contributed by atoms with Gasteiger partial charge in [-0.05, 0) is 66.8 Å². The van der Waals surface area contributed by atoms with Crippen LogP contribution in [-0.4, -0.2) is 38.0 Å². The van der Waals surface area contributed by atoms with E-state index in [-0.39, 0.29) is 11.8 Å². The molecule has 4 atom stereocenters. The molecule has 5 heterocycles. The van der Waals surface area contributed by atoms with Gasteiger partial charge in [0.1, 0.15) is 9.99 Å². The highest BCUT2D eigenvalue weighted by Crippen LogP contribution is 2.45. The minimum Gasteiger partial charge on any atom is -0.356 e. The number of aromatic nitrogens is 4. The number of fused-ring (bicyclic) bond motifs is 3. The molecule has 3 fully saturated rings. The van der Waals surface area contributed by atoms with Crippen molar-refractivity contribution in [3.05, 3.63) is 15.0 Å². The quantitative estimate of drug-likeness (QED) is 0.710. The first kappa shape index (κ1) is 18.6. The summed E-state index contributed by atoms with van der Waals surface area (Å²) in [7, 11) is 1.84. The van der Waals surface area contributed by atoms with E-state index in [0.29, 0.717) is 27.7 Å². The Morgan fingerprint density at radius 1 is 1.25 bits per heavy atom. The first-order valence-electron chi connectivity index (χ1n) is 10.6. The Balaban J connectivity index is 1.62. The Morgan fingerprint density at radius 3 is 2.86 bits per heavy atom. The first-order valence-corrected chi connectivity index (χ1v) is 11.4. The molecule has 152 valence electrons. The Kier molecular flexibility index (Phi) is 4.74. The Morgan fingerprint density at radius 2 is 2.11 bits per heavy atom. The molecule has 3 aliphatic heterocycles. The monoisotopic (exact) mass is 449 g/mol. The van der Waals surface area contributed by atoms with Crippen LogP contribution in [0.3, 0.4) is 0 Å². The normalized spacial score (nSPS) is 29.9. The zero-order chi connectivity index (χ0) is 19.4. The maximum absolute atomic E-state index is 13.2. The van der Waals surface area contributed by atoms with Crippen LogP contribution in [0.4, 0.5) is 5.95 Å². The summed E-state index contributed by atoms with van der Waals surface area (Å²) < 4.78 is 10.0. The second-order valence-corrected chi connectivity index (χ2v) is 9.27. The minimum absolute atomic E-state index is 0.0349. The van der Waals surface area contributed by atoms with Crippen molar-refractivity contribution >= 4 is 32.9 Å². The summed E-state index contributed by atoms with van der Waals surface area (Å²) in [6.45, 7) is 2.99. The van der Waals surface area contributed by atoms with Gasteiger partial charge in [-0.1, -0.05) is 13.3 Å². The summed E-state index contributed by atoms with van der Waals surface area (Å²) in [6.07, 6.45) is 9.05. The molecule has 28 heavy (non-hydrogen) atoms. The van der Waals surface area contributed by atoms with E-state index >= 15 is 0 Å². The molecule has 3 saturated heterocycles. The SMILES string of the molecule is CCC[C@@H]1C[C@@H]2CC[C@H]1N2c1nc2c(c(Br)nn2C2CCCCO2)c(=O)n1C. The summed E-state index contributed by atoms with van der Waals surface area (Å²) >= 11 is 3.49. The predicted octanol–water partition coefficient (Wildman–Crippen LogP) is 3.75. The minimum atomic E-state index is -0.141. The molecule has 0 aliphatic carbocycles. The largest absolute Gasteiger partial charge is 0.356 e. The zero-order valence-electron chi connectivity index (χ0n) is 16.6. The molecule has 0 N–H and O–H groups in total. The zero-order valence-corrected chi connectivity index (χ0v) is 18.2. The molecule has 2 aromatic heterocycles. The lowest BCUT2D eigenvalue weighted by Crippen LogP contribution is -2.36. The van der Waals surface area contributed by atoms with Gasteiger partial charge in [0.2, 0.25) is 5.95 Å². The summed E-state index contributed by atoms with van der Waals surface area (Å²) in [5.41, 5.74) is 0.613. The first-order chi connectivity index (χ1) is 13.6. The molecule has 0 spiro atoms. The fourth-order valence-corrected chi connectivity index (χ4v) is 6.09. The predicted molar refractivity (Wildman–Crippen MR) is 112 cm³/mol. The molecule has 5 rings (SSSR count). The lowest BCUT2D eigenvalue weighted by atomic mass is 9.86. The summed E-state index contributed by atoms with van der Waals surface area (Å²) in [4.78, 5) is 20.7. The van der Waals surface area contributed by atoms with Crippen molar-refractivity contribution in [2.75, 3.05) is 11.5 Å². The molecule has 0 aromatic carbocycles. The number of hydrogen-bond acceptors (Lipinski definition) is 5. The van der Waals surface area contributed by atoms with E-state index in [1.165, 1.54) is 32.1 Å². The van der Waals surface area contributed by atoms with Crippen LogP contribution in [0.1, 0.15) is 64.5 Å². The van der Waals surface area contributed by atoms with Crippen LogP contribution in [0.15, 0.2) is 9.40 Å². The van der Waals surface area contributed by atoms with Crippen molar-refractivity contribution < 1.29 is 4.74 Å². The fraction of sp³-hybridized carbons (Fsp3) is 0.750. The van der Waals surface area contributed by atoms with Gasteiger partial charge in [0.25, 0.3) is 5.56 Å². The van der Waals surface area contributed by atoms with Gasteiger partial charge in [0.05, 0.1) is 0 Å². The highest BCUT2D eigenvalue weighted by atomic mass is 79.9. The van der Waals surface area contributed by atoms with Gasteiger partial charge in [0, 0.05) is 25.7 Å². The van der Waals surface area contributed by atoms with Gasteiger partial charge in [0.15, 0.2) is 11.9 Å². The molecular weight excluding hydrogens is 422 g/mol. The van der Waals surface area contributed by atoms with Crippen LogP contribution >= 0.6 is 15.9 Å². The number of nitrogens with zero attached hydrogens (tertiary/aromatic N) is 5. The summed E-state index contributed by atoms with van der Waals surface area (Å²) in [5.74, 6) is 1.52. The Labute approximate surface area is 173 Å². The number of anilines is 1. The number of ether oxygens (including phenoxy) is 1. The Hall–Kier alpha value is -1.41. The average molecular weight is 450 g/mol. The van der Waals surface area contributed by atoms with Crippen molar-refractivity contribution in [2.24, 2.45) is 13.0 Å². The molecule has 3 aliphatic rings. The van der Waals surface area contributed by atoms with Crippen LogP contribution in [0, 0.1) is 5.92 Å². The molecule has 0 amide bonds. The molecule has 1 unspecified atom stereocenters. The third kappa shape index (κ3) is 2.75. The molecule has 0 saturated carbocycles.